The van der Waals surface area contributed by atoms with Crippen molar-refractivity contribution in [3.63, 3.8) is 0 Å². The molecule has 0 aliphatic carbocycles. The van der Waals surface area contributed by atoms with Crippen LogP contribution in [-0.2, 0) is 29.2 Å². The number of rotatable bonds is 19. The van der Waals surface area contributed by atoms with Gasteiger partial charge in [0, 0.05) is 31.6 Å². The van der Waals surface area contributed by atoms with Gasteiger partial charge in [-0.2, -0.15) is 8.42 Å². The first-order chi connectivity index (χ1) is 21.8. The van der Waals surface area contributed by atoms with Crippen molar-refractivity contribution in [2.45, 2.75) is 81.4 Å². The number of aryl methyl sites for hydroxylation is 1. The van der Waals surface area contributed by atoms with E-state index in [2.05, 4.69) is 25.1 Å². The molecule has 3 aromatic carbocycles. The molecule has 0 amide bonds. The molecule has 2 unspecified atom stereocenters. The third kappa shape index (κ3) is 9.69. The summed E-state index contributed by atoms with van der Waals surface area (Å²) in [5, 5.41) is 0. The number of fused-ring (bicyclic) bond motifs is 1. The van der Waals surface area contributed by atoms with Gasteiger partial charge in [-0.05, 0) is 61.2 Å². The van der Waals surface area contributed by atoms with Crippen molar-refractivity contribution in [3.05, 3.63) is 83.4 Å². The lowest BCUT2D eigenvalue weighted by atomic mass is 9.66. The maximum absolute atomic E-state index is 12.4. The van der Waals surface area contributed by atoms with E-state index in [-0.39, 0.29) is 36.4 Å². The Bertz CT molecular complexity index is 1420. The Morgan fingerprint density at radius 1 is 0.778 bits per heavy atom. The zero-order valence-electron chi connectivity index (χ0n) is 27.1. The lowest BCUT2D eigenvalue weighted by molar-refractivity contribution is 0.0505. The third-order valence-electron chi connectivity index (χ3n) is 8.54. The summed E-state index contributed by atoms with van der Waals surface area (Å²) < 4.78 is 57.7. The molecule has 2 atom stereocenters. The third-order valence-corrected chi connectivity index (χ3v) is 9.87. The predicted octanol–water partition coefficient (Wildman–Crippen LogP) is 7.92. The van der Waals surface area contributed by atoms with Crippen LogP contribution in [0.3, 0.4) is 0 Å². The first-order valence-electron chi connectivity index (χ1n) is 15.8. The van der Waals surface area contributed by atoms with Crippen molar-refractivity contribution in [2.24, 2.45) is 0 Å². The Hall–Kier alpha value is -3.11. The second kappa shape index (κ2) is 17.0. The molecule has 0 saturated heterocycles. The summed E-state index contributed by atoms with van der Waals surface area (Å²) >= 11 is 0. The lowest BCUT2D eigenvalue weighted by Crippen LogP contribution is -2.40. The van der Waals surface area contributed by atoms with Gasteiger partial charge in [-0.15, -0.1) is 0 Å². The van der Waals surface area contributed by atoms with Crippen molar-refractivity contribution >= 4 is 10.1 Å². The van der Waals surface area contributed by atoms with Crippen LogP contribution in [-0.4, -0.2) is 49.4 Å². The minimum atomic E-state index is -3.69. The monoisotopic (exact) mass is 640 g/mol. The first kappa shape index (κ1) is 34.8. The van der Waals surface area contributed by atoms with Crippen LogP contribution < -0.4 is 14.2 Å². The van der Waals surface area contributed by atoms with E-state index in [0.29, 0.717) is 6.61 Å². The van der Waals surface area contributed by atoms with Crippen LogP contribution in [0.1, 0.15) is 80.9 Å². The van der Waals surface area contributed by atoms with Gasteiger partial charge in [-0.3, -0.25) is 4.18 Å². The highest BCUT2D eigenvalue weighted by Crippen LogP contribution is 2.50. The summed E-state index contributed by atoms with van der Waals surface area (Å²) in [7, 11) is -0.469. The number of benzene rings is 3. The number of hydrogen-bond acceptors (Lipinski definition) is 8. The number of hydrogen-bond donors (Lipinski definition) is 0. The van der Waals surface area contributed by atoms with Crippen molar-refractivity contribution in [3.8, 4) is 17.2 Å². The Kier molecular flexibility index (Phi) is 13.1. The molecular formula is C36H48O8S. The molecule has 3 aromatic rings. The summed E-state index contributed by atoms with van der Waals surface area (Å²) in [5.41, 5.74) is 3.23. The Morgan fingerprint density at radius 2 is 1.38 bits per heavy atom. The molecule has 1 aliphatic heterocycles. The van der Waals surface area contributed by atoms with Gasteiger partial charge in [0.25, 0.3) is 10.1 Å². The van der Waals surface area contributed by atoms with Gasteiger partial charge in [-0.1, -0.05) is 81.3 Å². The SMILES string of the molecule is COCOc1ccc(C2(C)COc3cc(OCOC)ccc3C2CCCCCCCCCOS(=O)(=O)c2ccc(C)cc2)cc1. The van der Waals surface area contributed by atoms with Gasteiger partial charge in [0.15, 0.2) is 13.6 Å². The zero-order chi connectivity index (χ0) is 32.1. The lowest BCUT2D eigenvalue weighted by Gasteiger charge is -2.43. The fraction of sp³-hybridized carbons (Fsp3) is 0.500. The Balaban J connectivity index is 1.28. The molecule has 45 heavy (non-hydrogen) atoms. The molecule has 0 spiro atoms. The van der Waals surface area contributed by atoms with E-state index in [1.807, 2.05) is 31.2 Å². The fourth-order valence-corrected chi connectivity index (χ4v) is 6.85. The van der Waals surface area contributed by atoms with Crippen LogP contribution >= 0.6 is 0 Å². The van der Waals surface area contributed by atoms with E-state index in [1.165, 1.54) is 11.1 Å². The van der Waals surface area contributed by atoms with Crippen LogP contribution in [0.4, 0.5) is 0 Å². The van der Waals surface area contributed by atoms with Gasteiger partial charge in [0.2, 0.25) is 0 Å². The van der Waals surface area contributed by atoms with Gasteiger partial charge in [-0.25, -0.2) is 0 Å². The molecule has 0 bridgehead atoms. The second-order valence-electron chi connectivity index (χ2n) is 11.9. The molecule has 0 fully saturated rings. The summed E-state index contributed by atoms with van der Waals surface area (Å²) in [5.74, 6) is 2.65. The van der Waals surface area contributed by atoms with E-state index in [4.69, 9.17) is 27.9 Å². The summed E-state index contributed by atoms with van der Waals surface area (Å²) in [6, 6.07) is 21.1. The van der Waals surface area contributed by atoms with Crippen molar-refractivity contribution in [1.82, 2.24) is 0 Å². The smallest absolute Gasteiger partial charge is 0.296 e. The standard InChI is InChI=1S/C36H48O8S/c1-28-13-20-32(21-14-28)45(37,38)44-23-11-9-7-5-6-8-10-12-34-33-22-19-31(43-27-40-4)24-35(33)41-25-36(34,2)29-15-17-30(18-16-29)42-26-39-3/h13-22,24,34H,5-12,23,25-27H2,1-4H3. The largest absolute Gasteiger partial charge is 0.492 e. The molecule has 246 valence electrons. The summed E-state index contributed by atoms with van der Waals surface area (Å²) in [4.78, 5) is 0.212. The Labute approximate surface area is 269 Å². The molecule has 8 nitrogen and oxygen atoms in total. The quantitative estimate of drug-likeness (QED) is 0.0742. The van der Waals surface area contributed by atoms with Crippen LogP contribution in [0.5, 0.6) is 17.2 Å². The van der Waals surface area contributed by atoms with Crippen molar-refractivity contribution in [1.29, 1.82) is 0 Å². The molecule has 0 N–H and O–H groups in total. The zero-order valence-corrected chi connectivity index (χ0v) is 27.9. The highest BCUT2D eigenvalue weighted by atomic mass is 32.2. The first-order valence-corrected chi connectivity index (χ1v) is 17.2. The minimum Gasteiger partial charge on any atom is -0.492 e. The average Bonchev–Trinajstić information content (AvgIpc) is 3.04. The molecule has 0 saturated carbocycles. The average molecular weight is 641 g/mol. The van der Waals surface area contributed by atoms with Gasteiger partial charge < -0.3 is 23.7 Å². The van der Waals surface area contributed by atoms with Crippen LogP contribution in [0.2, 0.25) is 0 Å². The normalized spacial score (nSPS) is 17.8. The highest BCUT2D eigenvalue weighted by molar-refractivity contribution is 7.86. The molecule has 4 rings (SSSR count). The Morgan fingerprint density at radius 3 is 2.04 bits per heavy atom. The summed E-state index contributed by atoms with van der Waals surface area (Å²) in [6.45, 7) is 5.41. The highest BCUT2D eigenvalue weighted by Gasteiger charge is 2.42. The molecular weight excluding hydrogens is 592 g/mol. The van der Waals surface area contributed by atoms with E-state index in [0.717, 1.165) is 74.2 Å². The second-order valence-corrected chi connectivity index (χ2v) is 13.6. The molecule has 1 aliphatic rings. The molecule has 0 aromatic heterocycles. The van der Waals surface area contributed by atoms with Gasteiger partial charge in [0.1, 0.15) is 17.2 Å². The van der Waals surface area contributed by atoms with E-state index < -0.39 is 10.1 Å². The van der Waals surface area contributed by atoms with Gasteiger partial charge in [0.05, 0.1) is 18.1 Å². The van der Waals surface area contributed by atoms with Crippen LogP contribution in [0.15, 0.2) is 71.6 Å². The topological polar surface area (TPSA) is 89.5 Å². The molecule has 9 heteroatoms. The van der Waals surface area contributed by atoms with Crippen molar-refractivity contribution in [2.75, 3.05) is 41.0 Å². The number of methoxy groups -OCH3 is 2. The van der Waals surface area contributed by atoms with Crippen molar-refractivity contribution < 1.29 is 36.3 Å². The number of ether oxygens (including phenoxy) is 5. The van der Waals surface area contributed by atoms with E-state index >= 15 is 0 Å². The number of unbranched alkanes of at least 4 members (excludes halogenated alkanes) is 6. The van der Waals surface area contributed by atoms with Gasteiger partial charge >= 0.3 is 0 Å². The molecule has 1 heterocycles. The predicted molar refractivity (Wildman–Crippen MR) is 175 cm³/mol. The van der Waals surface area contributed by atoms with Crippen LogP contribution in [0, 0.1) is 6.92 Å². The summed E-state index contributed by atoms with van der Waals surface area (Å²) in [6.07, 6.45) is 8.29. The van der Waals surface area contributed by atoms with E-state index in [9.17, 15) is 8.42 Å². The minimum absolute atomic E-state index is 0.191. The van der Waals surface area contributed by atoms with E-state index in [1.54, 1.807) is 38.5 Å². The molecule has 0 radical (unpaired) electrons. The van der Waals surface area contributed by atoms with Crippen LogP contribution in [0.25, 0.3) is 0 Å². The maximum atomic E-state index is 12.4. The maximum Gasteiger partial charge on any atom is 0.296 e. The fourth-order valence-electron chi connectivity index (χ4n) is 5.91.